The van der Waals surface area contributed by atoms with Gasteiger partial charge in [-0.3, -0.25) is 9.18 Å². The molecule has 0 fully saturated rings. The molecule has 0 aromatic rings. The maximum Gasteiger partial charge on any atom is 0.308 e. The van der Waals surface area contributed by atoms with E-state index in [9.17, 15) is 9.18 Å². The Kier molecular flexibility index (Phi) is 25.0. The number of esters is 1. The molecule has 0 rings (SSSR count). The first-order chi connectivity index (χ1) is 15.3. The van der Waals surface area contributed by atoms with Crippen molar-refractivity contribution in [1.82, 2.24) is 5.32 Å². The third-order valence-electron chi connectivity index (χ3n) is 5.96. The van der Waals surface area contributed by atoms with E-state index in [1.165, 1.54) is 44.9 Å². The molecule has 5 heteroatoms. The second-order valence-electron chi connectivity index (χ2n) is 8.91. The Morgan fingerprint density at radius 1 is 0.774 bits per heavy atom. The molecule has 0 radical (unpaired) electrons. The van der Waals surface area contributed by atoms with E-state index in [0.29, 0.717) is 19.6 Å². The number of unbranched alkanes of at least 4 members (excludes halogenated alkanes) is 13. The van der Waals surface area contributed by atoms with Gasteiger partial charge in [0.25, 0.3) is 0 Å². The summed E-state index contributed by atoms with van der Waals surface area (Å²) in [5.41, 5.74) is 0. The van der Waals surface area contributed by atoms with E-state index in [2.05, 4.69) is 12.2 Å². The van der Waals surface area contributed by atoms with Crippen LogP contribution in [-0.2, 0) is 9.53 Å². The Balaban J connectivity index is 3.95. The Morgan fingerprint density at radius 3 is 1.94 bits per heavy atom. The van der Waals surface area contributed by atoms with Crippen LogP contribution in [0.3, 0.4) is 0 Å². The van der Waals surface area contributed by atoms with E-state index in [1.54, 1.807) is 0 Å². The first-order valence-corrected chi connectivity index (χ1v) is 13.3. The molecule has 31 heavy (non-hydrogen) atoms. The summed E-state index contributed by atoms with van der Waals surface area (Å²) in [6, 6.07) is 0. The van der Waals surface area contributed by atoms with Gasteiger partial charge >= 0.3 is 5.97 Å². The summed E-state index contributed by atoms with van der Waals surface area (Å²) in [4.78, 5) is 12.6. The first kappa shape index (κ1) is 30.3. The van der Waals surface area contributed by atoms with Crippen molar-refractivity contribution in [2.45, 2.75) is 122 Å². The molecule has 0 bridgehead atoms. The third-order valence-corrected chi connectivity index (χ3v) is 5.96. The van der Waals surface area contributed by atoms with E-state index >= 15 is 0 Å². The summed E-state index contributed by atoms with van der Waals surface area (Å²) >= 11 is 0. The van der Waals surface area contributed by atoms with Crippen molar-refractivity contribution in [1.29, 1.82) is 0 Å². The number of rotatable bonds is 25. The molecular formula is C26H52FNO3. The van der Waals surface area contributed by atoms with Crippen molar-refractivity contribution in [2.75, 3.05) is 33.0 Å². The summed E-state index contributed by atoms with van der Waals surface area (Å²) in [5, 5.41) is 11.9. The van der Waals surface area contributed by atoms with Crippen LogP contribution in [0, 0.1) is 5.92 Å². The smallest absolute Gasteiger partial charge is 0.308 e. The lowest BCUT2D eigenvalue weighted by atomic mass is 9.94. The van der Waals surface area contributed by atoms with Crippen molar-refractivity contribution in [3.8, 4) is 0 Å². The molecule has 0 aliphatic rings. The Labute approximate surface area is 192 Å². The predicted molar refractivity (Wildman–Crippen MR) is 129 cm³/mol. The summed E-state index contributed by atoms with van der Waals surface area (Å²) in [7, 11) is 0. The van der Waals surface area contributed by atoms with Crippen LogP contribution in [0.15, 0.2) is 0 Å². The van der Waals surface area contributed by atoms with Crippen LogP contribution < -0.4 is 5.32 Å². The van der Waals surface area contributed by atoms with Crippen LogP contribution in [0.4, 0.5) is 4.39 Å². The van der Waals surface area contributed by atoms with E-state index < -0.39 is 0 Å². The lowest BCUT2D eigenvalue weighted by molar-refractivity contribution is -0.149. The number of carbonyl (C=O) groups is 1. The second-order valence-corrected chi connectivity index (χ2v) is 8.91. The summed E-state index contributed by atoms with van der Waals surface area (Å²) in [6.07, 6.45) is 19.7. The van der Waals surface area contributed by atoms with Gasteiger partial charge in [0.05, 0.1) is 25.8 Å². The van der Waals surface area contributed by atoms with Gasteiger partial charge in [-0.1, -0.05) is 90.4 Å². The number of nitrogens with one attached hydrogen (secondary N) is 1. The second kappa shape index (κ2) is 25.6. The van der Waals surface area contributed by atoms with Crippen LogP contribution >= 0.6 is 0 Å². The molecule has 0 spiro atoms. The molecule has 186 valence electrons. The number of halogens is 1. The highest BCUT2D eigenvalue weighted by atomic mass is 19.1. The van der Waals surface area contributed by atoms with Gasteiger partial charge in [-0.25, -0.2) is 0 Å². The number of hydrogen-bond acceptors (Lipinski definition) is 4. The summed E-state index contributed by atoms with van der Waals surface area (Å²) in [5.74, 6) is 0.0514. The molecule has 0 saturated carbocycles. The number of ether oxygens (including phenoxy) is 1. The molecule has 0 aliphatic carbocycles. The number of aliphatic hydroxyl groups excluding tert-OH is 1. The molecule has 2 N–H and O–H groups in total. The highest BCUT2D eigenvalue weighted by molar-refractivity contribution is 5.72. The molecule has 1 atom stereocenters. The fourth-order valence-corrected chi connectivity index (χ4v) is 3.94. The van der Waals surface area contributed by atoms with Crippen molar-refractivity contribution < 1.29 is 19.0 Å². The fraction of sp³-hybridized carbons (Fsp3) is 0.962. The highest BCUT2D eigenvalue weighted by Gasteiger charge is 2.19. The van der Waals surface area contributed by atoms with Gasteiger partial charge in [0.1, 0.15) is 0 Å². The van der Waals surface area contributed by atoms with Crippen LogP contribution in [0.2, 0.25) is 0 Å². The molecule has 1 unspecified atom stereocenters. The van der Waals surface area contributed by atoms with Gasteiger partial charge in [-0.05, 0) is 38.6 Å². The first-order valence-electron chi connectivity index (χ1n) is 13.3. The number of hydrogen-bond donors (Lipinski definition) is 2. The normalized spacial score (nSPS) is 12.2. The van der Waals surface area contributed by atoms with Gasteiger partial charge < -0.3 is 15.2 Å². The van der Waals surface area contributed by atoms with Crippen molar-refractivity contribution >= 4 is 5.97 Å². The SMILES string of the molecule is CCCCCCCCC(CCCCCCCF)C(=O)OCCCCCCCNCCO. The van der Waals surface area contributed by atoms with Gasteiger partial charge in [-0.2, -0.15) is 0 Å². The minimum atomic E-state index is -0.215. The monoisotopic (exact) mass is 445 g/mol. The molecule has 0 aliphatic heterocycles. The molecular weight excluding hydrogens is 393 g/mol. The topological polar surface area (TPSA) is 58.6 Å². The van der Waals surface area contributed by atoms with Crippen molar-refractivity contribution in [3.63, 3.8) is 0 Å². The largest absolute Gasteiger partial charge is 0.465 e. The average Bonchev–Trinajstić information content (AvgIpc) is 2.78. The number of aliphatic hydroxyl groups is 1. The maximum absolute atomic E-state index is 12.6. The Hall–Kier alpha value is -0.680. The lowest BCUT2D eigenvalue weighted by Gasteiger charge is -2.16. The van der Waals surface area contributed by atoms with E-state index in [-0.39, 0.29) is 25.2 Å². The maximum atomic E-state index is 12.6. The van der Waals surface area contributed by atoms with Gasteiger partial charge in [-0.15, -0.1) is 0 Å². The molecule has 0 amide bonds. The highest BCUT2D eigenvalue weighted by Crippen LogP contribution is 2.21. The molecule has 0 saturated heterocycles. The van der Waals surface area contributed by atoms with Crippen LogP contribution in [0.1, 0.15) is 122 Å². The standard InChI is InChI=1S/C26H52FNO3/c1-2-3-4-5-8-13-18-25(19-14-9-6-10-15-20-27)26(30)31-24-17-12-7-11-16-21-28-22-23-29/h25,28-29H,2-24H2,1H3. The van der Waals surface area contributed by atoms with Crippen LogP contribution in [0.25, 0.3) is 0 Å². The van der Waals surface area contributed by atoms with Crippen LogP contribution in [0.5, 0.6) is 0 Å². The summed E-state index contributed by atoms with van der Waals surface area (Å²) in [6.45, 7) is 4.40. The average molecular weight is 446 g/mol. The van der Waals surface area contributed by atoms with E-state index in [1.807, 2.05) is 0 Å². The minimum absolute atomic E-state index is 0.00511. The zero-order chi connectivity index (χ0) is 22.8. The van der Waals surface area contributed by atoms with Gasteiger partial charge in [0, 0.05) is 6.54 Å². The van der Waals surface area contributed by atoms with Crippen LogP contribution in [-0.4, -0.2) is 44.1 Å². The minimum Gasteiger partial charge on any atom is -0.465 e. The molecule has 0 aromatic heterocycles. The fourth-order valence-electron chi connectivity index (χ4n) is 3.94. The Bertz CT molecular complexity index is 353. The lowest BCUT2D eigenvalue weighted by Crippen LogP contribution is -2.19. The third kappa shape index (κ3) is 22.3. The van der Waals surface area contributed by atoms with Crippen molar-refractivity contribution in [2.24, 2.45) is 5.92 Å². The molecule has 0 heterocycles. The molecule has 0 aromatic carbocycles. The Morgan fingerprint density at radius 2 is 1.32 bits per heavy atom. The van der Waals surface area contributed by atoms with Gasteiger partial charge in [0.15, 0.2) is 0 Å². The van der Waals surface area contributed by atoms with Gasteiger partial charge in [0.2, 0.25) is 0 Å². The zero-order valence-electron chi connectivity index (χ0n) is 20.5. The number of carbonyl (C=O) groups excluding carboxylic acids is 1. The van der Waals surface area contributed by atoms with E-state index in [4.69, 9.17) is 9.84 Å². The predicted octanol–water partition coefficient (Wildman–Crippen LogP) is 6.74. The summed E-state index contributed by atoms with van der Waals surface area (Å²) < 4.78 is 17.8. The van der Waals surface area contributed by atoms with E-state index in [0.717, 1.165) is 70.8 Å². The van der Waals surface area contributed by atoms with Crippen molar-refractivity contribution in [3.05, 3.63) is 0 Å². The number of alkyl halides is 1. The molecule has 4 nitrogen and oxygen atoms in total. The zero-order valence-corrected chi connectivity index (χ0v) is 20.5. The quantitative estimate of drug-likeness (QED) is 0.121.